The van der Waals surface area contributed by atoms with Gasteiger partial charge < -0.3 is 9.73 Å². The molecule has 0 spiro atoms. The van der Waals surface area contributed by atoms with Crippen molar-refractivity contribution in [3.63, 3.8) is 0 Å². The van der Waals surface area contributed by atoms with E-state index in [1.807, 2.05) is 6.07 Å². The highest BCUT2D eigenvalue weighted by Gasteiger charge is 2.13. The second-order valence-electron chi connectivity index (χ2n) is 5.57. The Morgan fingerprint density at radius 1 is 1.15 bits per heavy atom. The Balaban J connectivity index is 1.58. The number of aromatic nitrogens is 2. The SMILES string of the molecule is CCC(=O)Nc1ccc(C(=O)CSc2nnc(-c3cccc(Cl)c3)o2)cc1. The van der Waals surface area contributed by atoms with E-state index in [1.165, 1.54) is 11.8 Å². The largest absolute Gasteiger partial charge is 0.411 e. The zero-order chi connectivity index (χ0) is 19.2. The maximum absolute atomic E-state index is 12.3. The van der Waals surface area contributed by atoms with Gasteiger partial charge in [0.2, 0.25) is 11.8 Å². The molecule has 1 N–H and O–H groups in total. The van der Waals surface area contributed by atoms with Crippen LogP contribution in [0.2, 0.25) is 5.02 Å². The minimum Gasteiger partial charge on any atom is -0.411 e. The Morgan fingerprint density at radius 2 is 1.93 bits per heavy atom. The van der Waals surface area contributed by atoms with E-state index in [-0.39, 0.29) is 17.4 Å². The number of nitrogens with one attached hydrogen (secondary N) is 1. The number of ketones is 1. The third-order valence-corrected chi connectivity index (χ3v) is 4.67. The molecule has 0 saturated heterocycles. The van der Waals surface area contributed by atoms with Gasteiger partial charge in [-0.3, -0.25) is 9.59 Å². The molecule has 0 aliphatic rings. The Labute approximate surface area is 165 Å². The van der Waals surface area contributed by atoms with Crippen LogP contribution in [0, 0.1) is 0 Å². The van der Waals surface area contributed by atoms with Crippen LogP contribution in [0.3, 0.4) is 0 Å². The number of anilines is 1. The van der Waals surface area contributed by atoms with Gasteiger partial charge in [0.05, 0.1) is 5.75 Å². The highest BCUT2D eigenvalue weighted by Crippen LogP contribution is 2.25. The van der Waals surface area contributed by atoms with E-state index in [1.54, 1.807) is 49.4 Å². The Bertz CT molecular complexity index is 957. The minimum absolute atomic E-state index is 0.0727. The highest BCUT2D eigenvalue weighted by molar-refractivity contribution is 7.99. The molecule has 0 aliphatic heterocycles. The van der Waals surface area contributed by atoms with Crippen LogP contribution in [-0.2, 0) is 4.79 Å². The molecule has 0 saturated carbocycles. The fraction of sp³-hybridized carbons (Fsp3) is 0.158. The Kier molecular flexibility index (Phi) is 6.26. The molecule has 3 aromatic rings. The van der Waals surface area contributed by atoms with Gasteiger partial charge in [-0.2, -0.15) is 0 Å². The number of rotatable bonds is 7. The second kappa shape index (κ2) is 8.83. The van der Waals surface area contributed by atoms with Crippen LogP contribution in [0.25, 0.3) is 11.5 Å². The summed E-state index contributed by atoms with van der Waals surface area (Å²) in [4.78, 5) is 23.7. The molecular formula is C19H16ClN3O3S. The van der Waals surface area contributed by atoms with Crippen LogP contribution in [0.1, 0.15) is 23.7 Å². The number of amides is 1. The smallest absolute Gasteiger partial charge is 0.277 e. The first kappa shape index (κ1) is 19.1. The zero-order valence-corrected chi connectivity index (χ0v) is 16.0. The van der Waals surface area contributed by atoms with Gasteiger partial charge in [-0.25, -0.2) is 0 Å². The molecule has 1 amide bonds. The van der Waals surface area contributed by atoms with Gasteiger partial charge in [-0.05, 0) is 42.5 Å². The fourth-order valence-electron chi connectivity index (χ4n) is 2.21. The third-order valence-electron chi connectivity index (χ3n) is 3.62. The van der Waals surface area contributed by atoms with Crippen molar-refractivity contribution in [1.82, 2.24) is 10.2 Å². The number of thioether (sulfide) groups is 1. The predicted molar refractivity (Wildman–Crippen MR) is 105 cm³/mol. The fourth-order valence-corrected chi connectivity index (χ4v) is 3.05. The van der Waals surface area contributed by atoms with Gasteiger partial charge in [0, 0.05) is 28.3 Å². The lowest BCUT2D eigenvalue weighted by atomic mass is 10.1. The molecule has 0 unspecified atom stereocenters. The van der Waals surface area contributed by atoms with Gasteiger partial charge in [-0.1, -0.05) is 36.4 Å². The average Bonchev–Trinajstić information content (AvgIpc) is 3.15. The highest BCUT2D eigenvalue weighted by atomic mass is 35.5. The summed E-state index contributed by atoms with van der Waals surface area (Å²) in [5.74, 6) is 0.369. The molecule has 0 bridgehead atoms. The Hall–Kier alpha value is -2.64. The second-order valence-corrected chi connectivity index (χ2v) is 6.94. The van der Waals surface area contributed by atoms with Gasteiger partial charge in [0.1, 0.15) is 0 Å². The van der Waals surface area contributed by atoms with Crippen molar-refractivity contribution in [3.8, 4) is 11.5 Å². The van der Waals surface area contributed by atoms with E-state index >= 15 is 0 Å². The lowest BCUT2D eigenvalue weighted by molar-refractivity contribution is -0.115. The quantitative estimate of drug-likeness (QED) is 0.455. The lowest BCUT2D eigenvalue weighted by Gasteiger charge is -2.04. The van der Waals surface area contributed by atoms with Gasteiger partial charge in [0.25, 0.3) is 5.22 Å². The summed E-state index contributed by atoms with van der Waals surface area (Å²) in [6.45, 7) is 1.78. The average molecular weight is 402 g/mol. The van der Waals surface area contributed by atoms with Crippen molar-refractivity contribution in [2.45, 2.75) is 18.6 Å². The number of carbonyl (C=O) groups is 2. The van der Waals surface area contributed by atoms with Crippen LogP contribution in [0.5, 0.6) is 0 Å². The molecule has 6 nitrogen and oxygen atoms in total. The summed E-state index contributed by atoms with van der Waals surface area (Å²) >= 11 is 7.13. The maximum atomic E-state index is 12.3. The standard InChI is InChI=1S/C19H16ClN3O3S/c1-2-17(25)21-15-8-6-12(7-9-15)16(24)11-27-19-23-22-18(26-19)13-4-3-5-14(20)10-13/h3-10H,2,11H2,1H3,(H,21,25). The molecule has 0 radical (unpaired) electrons. The monoisotopic (exact) mass is 401 g/mol. The molecule has 8 heteroatoms. The topological polar surface area (TPSA) is 85.1 Å². The Morgan fingerprint density at radius 3 is 2.63 bits per heavy atom. The zero-order valence-electron chi connectivity index (χ0n) is 14.4. The first-order valence-electron chi connectivity index (χ1n) is 8.20. The van der Waals surface area contributed by atoms with Crippen molar-refractivity contribution in [2.24, 2.45) is 0 Å². The van der Waals surface area contributed by atoms with E-state index in [2.05, 4.69) is 15.5 Å². The van der Waals surface area contributed by atoms with Gasteiger partial charge in [0.15, 0.2) is 5.78 Å². The van der Waals surface area contributed by atoms with Crippen molar-refractivity contribution >= 4 is 40.7 Å². The molecule has 1 heterocycles. The molecular weight excluding hydrogens is 386 g/mol. The van der Waals surface area contributed by atoms with E-state index in [4.69, 9.17) is 16.0 Å². The molecule has 0 aliphatic carbocycles. The molecule has 0 atom stereocenters. The first-order chi connectivity index (χ1) is 13.0. The minimum atomic E-state index is -0.0733. The van der Waals surface area contributed by atoms with Crippen LogP contribution in [-0.4, -0.2) is 27.6 Å². The van der Waals surface area contributed by atoms with E-state index in [0.717, 1.165) is 5.56 Å². The van der Waals surface area contributed by atoms with Crippen LogP contribution in [0.15, 0.2) is 58.2 Å². The molecule has 3 rings (SSSR count). The molecule has 2 aromatic carbocycles. The van der Waals surface area contributed by atoms with Crippen molar-refractivity contribution < 1.29 is 14.0 Å². The summed E-state index contributed by atoms with van der Waals surface area (Å²) in [6, 6.07) is 13.9. The van der Waals surface area contributed by atoms with Crippen molar-refractivity contribution in [1.29, 1.82) is 0 Å². The third kappa shape index (κ3) is 5.18. The van der Waals surface area contributed by atoms with Gasteiger partial charge >= 0.3 is 0 Å². The van der Waals surface area contributed by atoms with E-state index < -0.39 is 0 Å². The molecule has 27 heavy (non-hydrogen) atoms. The normalized spacial score (nSPS) is 10.6. The maximum Gasteiger partial charge on any atom is 0.277 e. The van der Waals surface area contributed by atoms with Gasteiger partial charge in [-0.15, -0.1) is 10.2 Å². The van der Waals surface area contributed by atoms with Crippen LogP contribution >= 0.6 is 23.4 Å². The predicted octanol–water partition coefficient (Wildman–Crippen LogP) is 4.71. The van der Waals surface area contributed by atoms with Crippen molar-refractivity contribution in [3.05, 3.63) is 59.1 Å². The summed E-state index contributed by atoms with van der Waals surface area (Å²) in [5, 5.41) is 11.6. The van der Waals surface area contributed by atoms with E-state index in [0.29, 0.717) is 33.8 Å². The van der Waals surface area contributed by atoms with E-state index in [9.17, 15) is 9.59 Å². The number of hydrogen-bond acceptors (Lipinski definition) is 6. The summed E-state index contributed by atoms with van der Waals surface area (Å²) in [7, 11) is 0. The summed E-state index contributed by atoms with van der Waals surface area (Å²) in [6.07, 6.45) is 0.401. The summed E-state index contributed by atoms with van der Waals surface area (Å²) in [5.41, 5.74) is 1.93. The number of Topliss-reactive ketones (excluding diaryl/α,β-unsaturated/α-hetero) is 1. The molecule has 1 aromatic heterocycles. The number of carbonyl (C=O) groups excluding carboxylic acids is 2. The molecule has 138 valence electrons. The molecule has 0 fully saturated rings. The van der Waals surface area contributed by atoms with Crippen LogP contribution in [0.4, 0.5) is 5.69 Å². The summed E-state index contributed by atoms with van der Waals surface area (Å²) < 4.78 is 5.57. The number of hydrogen-bond donors (Lipinski definition) is 1. The lowest BCUT2D eigenvalue weighted by Crippen LogP contribution is -2.09. The first-order valence-corrected chi connectivity index (χ1v) is 9.57. The number of halogens is 1. The van der Waals surface area contributed by atoms with Crippen LogP contribution < -0.4 is 5.32 Å². The number of nitrogens with zero attached hydrogens (tertiary/aromatic N) is 2. The number of benzene rings is 2. The van der Waals surface area contributed by atoms with Crippen molar-refractivity contribution in [2.75, 3.05) is 11.1 Å².